The van der Waals surface area contributed by atoms with E-state index in [0.717, 1.165) is 39.3 Å². The van der Waals surface area contributed by atoms with Gasteiger partial charge in [-0.2, -0.15) is 0 Å². The van der Waals surface area contributed by atoms with E-state index < -0.39 is 0 Å². The normalized spacial score (nSPS) is 25.0. The van der Waals surface area contributed by atoms with Crippen LogP contribution in [-0.4, -0.2) is 49.0 Å². The van der Waals surface area contributed by atoms with Gasteiger partial charge in [-0.05, 0) is 31.7 Å². The minimum absolute atomic E-state index is 0.161. The third kappa shape index (κ3) is 4.96. The minimum atomic E-state index is -0.161. The molecule has 1 aliphatic rings. The highest BCUT2D eigenvalue weighted by atomic mass is 16.5. The Bertz CT molecular complexity index is 171. The first-order valence-corrected chi connectivity index (χ1v) is 6.07. The Kier molecular flexibility index (Phi) is 5.58. The molecule has 1 rings (SSSR count). The highest BCUT2D eigenvalue weighted by Gasteiger charge is 2.25. The zero-order chi connectivity index (χ0) is 11.3. The monoisotopic (exact) mass is 215 g/mol. The number of nitrogens with zero attached hydrogens (tertiary/aromatic N) is 1. The van der Waals surface area contributed by atoms with Crippen molar-refractivity contribution in [2.45, 2.75) is 33.3 Å². The van der Waals surface area contributed by atoms with E-state index in [1.807, 2.05) is 6.92 Å². The summed E-state index contributed by atoms with van der Waals surface area (Å²) in [4.78, 5) is 2.39. The molecule has 0 aromatic rings. The second-order valence-electron chi connectivity index (χ2n) is 5.06. The van der Waals surface area contributed by atoms with E-state index in [2.05, 4.69) is 18.7 Å². The lowest BCUT2D eigenvalue weighted by atomic mass is 10.0. The van der Waals surface area contributed by atoms with Crippen LogP contribution in [0, 0.1) is 11.8 Å². The molecular formula is C12H25NO2. The number of hydrogen-bond acceptors (Lipinski definition) is 3. The summed E-state index contributed by atoms with van der Waals surface area (Å²) in [6, 6.07) is 0. The summed E-state index contributed by atoms with van der Waals surface area (Å²) in [6.45, 7) is 11.1. The van der Waals surface area contributed by atoms with Crippen molar-refractivity contribution in [1.82, 2.24) is 4.90 Å². The van der Waals surface area contributed by atoms with Gasteiger partial charge in [-0.15, -0.1) is 0 Å². The number of likely N-dealkylation sites (tertiary alicyclic amines) is 1. The summed E-state index contributed by atoms with van der Waals surface area (Å²) < 4.78 is 5.55. The van der Waals surface area contributed by atoms with Crippen molar-refractivity contribution in [2.75, 3.05) is 32.8 Å². The Labute approximate surface area is 93.4 Å². The van der Waals surface area contributed by atoms with Crippen molar-refractivity contribution in [3.63, 3.8) is 0 Å². The molecule has 2 atom stereocenters. The second kappa shape index (κ2) is 6.46. The molecule has 1 aliphatic heterocycles. The molecule has 0 aromatic heterocycles. The molecule has 3 heteroatoms. The van der Waals surface area contributed by atoms with Gasteiger partial charge in [0.1, 0.15) is 0 Å². The van der Waals surface area contributed by atoms with Gasteiger partial charge in [-0.25, -0.2) is 0 Å². The summed E-state index contributed by atoms with van der Waals surface area (Å²) in [5, 5.41) is 9.46. The summed E-state index contributed by atoms with van der Waals surface area (Å²) in [7, 11) is 0. The average molecular weight is 215 g/mol. The first-order chi connectivity index (χ1) is 7.09. The maximum absolute atomic E-state index is 9.46. The standard InChI is InChI=1S/C12H25NO2/c1-10(2)9-15-7-6-13-5-4-12(8-13)11(3)14/h10-12,14H,4-9H2,1-3H3. The van der Waals surface area contributed by atoms with Crippen LogP contribution in [0.2, 0.25) is 0 Å². The molecule has 3 nitrogen and oxygen atoms in total. The summed E-state index contributed by atoms with van der Waals surface area (Å²) >= 11 is 0. The summed E-state index contributed by atoms with van der Waals surface area (Å²) in [5.74, 6) is 1.09. The van der Waals surface area contributed by atoms with Crippen molar-refractivity contribution >= 4 is 0 Å². The van der Waals surface area contributed by atoms with Crippen LogP contribution in [0.5, 0.6) is 0 Å². The Morgan fingerprint density at radius 2 is 2.13 bits per heavy atom. The van der Waals surface area contributed by atoms with Gasteiger partial charge < -0.3 is 14.7 Å². The molecule has 2 unspecified atom stereocenters. The molecule has 1 N–H and O–H groups in total. The van der Waals surface area contributed by atoms with Gasteiger partial charge in [0.05, 0.1) is 12.7 Å². The first kappa shape index (κ1) is 12.9. The molecule has 0 aromatic carbocycles. The smallest absolute Gasteiger partial charge is 0.0593 e. The van der Waals surface area contributed by atoms with Crippen LogP contribution in [0.15, 0.2) is 0 Å². The van der Waals surface area contributed by atoms with Gasteiger partial charge in [0.25, 0.3) is 0 Å². The predicted octanol–water partition coefficient (Wildman–Crippen LogP) is 1.36. The van der Waals surface area contributed by atoms with Crippen molar-refractivity contribution in [3.05, 3.63) is 0 Å². The molecule has 1 saturated heterocycles. The van der Waals surface area contributed by atoms with Crippen molar-refractivity contribution in [2.24, 2.45) is 11.8 Å². The minimum Gasteiger partial charge on any atom is -0.393 e. The summed E-state index contributed by atoms with van der Waals surface area (Å²) in [6.07, 6.45) is 0.966. The number of ether oxygens (including phenoxy) is 1. The zero-order valence-corrected chi connectivity index (χ0v) is 10.3. The van der Waals surface area contributed by atoms with E-state index in [9.17, 15) is 5.11 Å². The Morgan fingerprint density at radius 1 is 1.40 bits per heavy atom. The van der Waals surface area contributed by atoms with Gasteiger partial charge in [0, 0.05) is 19.7 Å². The highest BCUT2D eigenvalue weighted by Crippen LogP contribution is 2.18. The van der Waals surface area contributed by atoms with Crippen LogP contribution in [0.4, 0.5) is 0 Å². The van der Waals surface area contributed by atoms with E-state index >= 15 is 0 Å². The van der Waals surface area contributed by atoms with E-state index in [0.29, 0.717) is 11.8 Å². The lowest BCUT2D eigenvalue weighted by molar-refractivity contribution is 0.0851. The largest absolute Gasteiger partial charge is 0.393 e. The van der Waals surface area contributed by atoms with Crippen LogP contribution in [0.25, 0.3) is 0 Å². The van der Waals surface area contributed by atoms with Crippen LogP contribution in [0.1, 0.15) is 27.2 Å². The number of rotatable bonds is 6. The third-order valence-electron chi connectivity index (χ3n) is 2.99. The lowest BCUT2D eigenvalue weighted by Gasteiger charge is -2.17. The van der Waals surface area contributed by atoms with Crippen LogP contribution < -0.4 is 0 Å². The molecule has 1 heterocycles. The third-order valence-corrected chi connectivity index (χ3v) is 2.99. The molecule has 0 aliphatic carbocycles. The number of aliphatic hydroxyl groups excluding tert-OH is 1. The molecule has 0 bridgehead atoms. The molecule has 90 valence electrons. The van der Waals surface area contributed by atoms with Gasteiger partial charge in [-0.1, -0.05) is 13.8 Å². The van der Waals surface area contributed by atoms with Crippen LogP contribution in [-0.2, 0) is 4.74 Å². The Morgan fingerprint density at radius 3 is 2.67 bits per heavy atom. The van der Waals surface area contributed by atoms with Gasteiger partial charge in [-0.3, -0.25) is 0 Å². The van der Waals surface area contributed by atoms with Crippen molar-refractivity contribution < 1.29 is 9.84 Å². The highest BCUT2D eigenvalue weighted by molar-refractivity contribution is 4.78. The van der Waals surface area contributed by atoms with E-state index in [1.165, 1.54) is 0 Å². The zero-order valence-electron chi connectivity index (χ0n) is 10.3. The molecule has 1 fully saturated rings. The van der Waals surface area contributed by atoms with Crippen LogP contribution >= 0.6 is 0 Å². The number of hydrogen-bond donors (Lipinski definition) is 1. The molecule has 15 heavy (non-hydrogen) atoms. The van der Waals surface area contributed by atoms with E-state index in [-0.39, 0.29) is 6.10 Å². The molecule has 0 saturated carbocycles. The van der Waals surface area contributed by atoms with Gasteiger partial charge in [0.15, 0.2) is 0 Å². The predicted molar refractivity (Wildman–Crippen MR) is 61.9 cm³/mol. The first-order valence-electron chi connectivity index (χ1n) is 6.07. The topological polar surface area (TPSA) is 32.7 Å². The lowest BCUT2D eigenvalue weighted by Crippen LogP contribution is -2.27. The fraction of sp³-hybridized carbons (Fsp3) is 1.00. The maximum atomic E-state index is 9.46. The van der Waals surface area contributed by atoms with Crippen molar-refractivity contribution in [3.8, 4) is 0 Å². The molecular weight excluding hydrogens is 190 g/mol. The van der Waals surface area contributed by atoms with Gasteiger partial charge >= 0.3 is 0 Å². The fourth-order valence-corrected chi connectivity index (χ4v) is 1.97. The fourth-order valence-electron chi connectivity index (χ4n) is 1.97. The average Bonchev–Trinajstić information content (AvgIpc) is 2.60. The van der Waals surface area contributed by atoms with E-state index in [4.69, 9.17) is 4.74 Å². The molecule has 0 spiro atoms. The van der Waals surface area contributed by atoms with Gasteiger partial charge in [0.2, 0.25) is 0 Å². The number of aliphatic hydroxyl groups is 1. The summed E-state index contributed by atoms with van der Waals surface area (Å²) in [5.41, 5.74) is 0. The van der Waals surface area contributed by atoms with Crippen molar-refractivity contribution in [1.29, 1.82) is 0 Å². The Hall–Kier alpha value is -0.120. The SMILES string of the molecule is CC(C)COCCN1CCC(C(C)O)C1. The second-order valence-corrected chi connectivity index (χ2v) is 5.06. The molecule has 0 radical (unpaired) electrons. The quantitative estimate of drug-likeness (QED) is 0.679. The van der Waals surface area contributed by atoms with E-state index in [1.54, 1.807) is 0 Å². The Balaban J connectivity index is 2.04. The van der Waals surface area contributed by atoms with Crippen LogP contribution in [0.3, 0.4) is 0 Å². The molecule has 0 amide bonds. The maximum Gasteiger partial charge on any atom is 0.0593 e.